The van der Waals surface area contributed by atoms with E-state index in [9.17, 15) is 4.39 Å². The molecule has 1 aliphatic heterocycles. The number of nitrogens with zero attached hydrogens (tertiary/aromatic N) is 2. The Bertz CT molecular complexity index is 447. The molecule has 0 saturated carbocycles. The normalized spacial score (nSPS) is 22.6. The molecule has 1 fully saturated rings. The summed E-state index contributed by atoms with van der Waals surface area (Å²) in [5.41, 5.74) is 7.47. The van der Waals surface area contributed by atoms with Crippen molar-refractivity contribution in [2.45, 2.75) is 38.8 Å². The van der Waals surface area contributed by atoms with Crippen LogP contribution in [0.1, 0.15) is 25.8 Å². The summed E-state index contributed by atoms with van der Waals surface area (Å²) in [6.07, 6.45) is 1.79. The first-order chi connectivity index (χ1) is 9.47. The second kappa shape index (κ2) is 6.55. The third-order valence-electron chi connectivity index (χ3n) is 3.93. The lowest BCUT2D eigenvalue weighted by Gasteiger charge is -2.30. The molecule has 2 N–H and O–H groups in total. The van der Waals surface area contributed by atoms with Gasteiger partial charge in [0.25, 0.3) is 0 Å². The molecule has 2 atom stereocenters. The fraction of sp³-hybridized carbons (Fsp3) is 0.625. The maximum Gasteiger partial charge on any atom is 0.146 e. The van der Waals surface area contributed by atoms with Crippen LogP contribution in [0.3, 0.4) is 0 Å². The Morgan fingerprint density at radius 3 is 2.80 bits per heavy atom. The average Bonchev–Trinajstić information content (AvgIpc) is 2.50. The monoisotopic (exact) mass is 279 g/mol. The van der Waals surface area contributed by atoms with E-state index in [0.717, 1.165) is 43.7 Å². The fourth-order valence-corrected chi connectivity index (χ4v) is 3.01. The lowest BCUT2D eigenvalue weighted by molar-refractivity contribution is 0.337. The highest BCUT2D eigenvalue weighted by Gasteiger charge is 2.22. The van der Waals surface area contributed by atoms with Gasteiger partial charge in [0.2, 0.25) is 0 Å². The number of rotatable bonds is 3. The number of likely N-dealkylation sites (N-methyl/N-ethyl adjacent to an activating group) is 1. The molecule has 0 radical (unpaired) electrons. The Balaban J connectivity index is 2.19. The van der Waals surface area contributed by atoms with Gasteiger partial charge in [-0.2, -0.15) is 0 Å². The molecule has 0 aromatic heterocycles. The van der Waals surface area contributed by atoms with Gasteiger partial charge in [-0.1, -0.05) is 6.07 Å². The molecule has 0 bridgehead atoms. The molecule has 2 rings (SSSR count). The smallest absolute Gasteiger partial charge is 0.146 e. The summed E-state index contributed by atoms with van der Waals surface area (Å²) >= 11 is 0. The van der Waals surface area contributed by atoms with E-state index in [4.69, 9.17) is 5.73 Å². The van der Waals surface area contributed by atoms with Crippen molar-refractivity contribution in [1.29, 1.82) is 0 Å². The number of nitrogens with two attached hydrogens (primary N) is 1. The second-order valence-corrected chi connectivity index (χ2v) is 6.13. The molecule has 0 spiro atoms. The van der Waals surface area contributed by atoms with Crippen molar-refractivity contribution in [2.75, 3.05) is 31.6 Å². The zero-order chi connectivity index (χ0) is 14.7. The first-order valence-corrected chi connectivity index (χ1v) is 7.46. The van der Waals surface area contributed by atoms with Gasteiger partial charge >= 0.3 is 0 Å². The Labute approximate surface area is 121 Å². The maximum absolute atomic E-state index is 14.4. The Morgan fingerprint density at radius 1 is 1.40 bits per heavy atom. The summed E-state index contributed by atoms with van der Waals surface area (Å²) in [5.74, 6) is -0.125. The number of hydrogen-bond donors (Lipinski definition) is 1. The predicted octanol–water partition coefficient (Wildman–Crippen LogP) is 2.25. The van der Waals surface area contributed by atoms with Gasteiger partial charge in [0.15, 0.2) is 0 Å². The van der Waals surface area contributed by atoms with Gasteiger partial charge in [-0.3, -0.25) is 0 Å². The van der Waals surface area contributed by atoms with E-state index in [1.54, 1.807) is 6.07 Å². The fourth-order valence-electron chi connectivity index (χ4n) is 3.01. The first-order valence-electron chi connectivity index (χ1n) is 7.46. The zero-order valence-electron chi connectivity index (χ0n) is 12.8. The van der Waals surface area contributed by atoms with E-state index in [2.05, 4.69) is 23.8 Å². The van der Waals surface area contributed by atoms with Crippen LogP contribution in [0.4, 0.5) is 10.1 Å². The third-order valence-corrected chi connectivity index (χ3v) is 3.93. The highest BCUT2D eigenvalue weighted by Crippen LogP contribution is 2.25. The molecular formula is C16H26FN3. The average molecular weight is 279 g/mol. The summed E-state index contributed by atoms with van der Waals surface area (Å²) in [5, 5.41) is 0. The SMILES string of the molecule is CC(N)Cc1ccc(N2CCCN(C)CC2C)c(F)c1. The van der Waals surface area contributed by atoms with Gasteiger partial charge in [0.1, 0.15) is 5.82 Å². The largest absolute Gasteiger partial charge is 0.365 e. The lowest BCUT2D eigenvalue weighted by atomic mass is 10.1. The van der Waals surface area contributed by atoms with E-state index >= 15 is 0 Å². The van der Waals surface area contributed by atoms with Gasteiger partial charge in [0.05, 0.1) is 5.69 Å². The third kappa shape index (κ3) is 3.70. The van der Waals surface area contributed by atoms with Crippen LogP contribution in [-0.4, -0.2) is 43.7 Å². The van der Waals surface area contributed by atoms with Crippen molar-refractivity contribution in [1.82, 2.24) is 4.90 Å². The highest BCUT2D eigenvalue weighted by atomic mass is 19.1. The first kappa shape index (κ1) is 15.3. The van der Waals surface area contributed by atoms with E-state index < -0.39 is 0 Å². The second-order valence-electron chi connectivity index (χ2n) is 6.13. The van der Waals surface area contributed by atoms with Gasteiger partial charge < -0.3 is 15.5 Å². The van der Waals surface area contributed by atoms with Crippen molar-refractivity contribution in [3.63, 3.8) is 0 Å². The van der Waals surface area contributed by atoms with Gasteiger partial charge in [-0.05, 0) is 58.0 Å². The Kier molecular flexibility index (Phi) is 5.00. The summed E-state index contributed by atoms with van der Waals surface area (Å²) < 4.78 is 14.4. The molecule has 20 heavy (non-hydrogen) atoms. The molecular weight excluding hydrogens is 253 g/mol. The number of anilines is 1. The molecule has 1 aromatic carbocycles. The van der Waals surface area contributed by atoms with E-state index in [0.29, 0.717) is 6.04 Å². The molecule has 0 aliphatic carbocycles. The molecule has 112 valence electrons. The van der Waals surface area contributed by atoms with Crippen LogP contribution < -0.4 is 10.6 Å². The lowest BCUT2D eigenvalue weighted by Crippen LogP contribution is -2.38. The molecule has 1 heterocycles. The van der Waals surface area contributed by atoms with Crippen LogP contribution in [0.5, 0.6) is 0 Å². The summed E-state index contributed by atoms with van der Waals surface area (Å²) in [7, 11) is 2.13. The minimum absolute atomic E-state index is 0.0611. The summed E-state index contributed by atoms with van der Waals surface area (Å²) in [6.45, 7) is 7.07. The Morgan fingerprint density at radius 2 is 2.15 bits per heavy atom. The van der Waals surface area contributed by atoms with Crippen LogP contribution in [0.15, 0.2) is 18.2 Å². The van der Waals surface area contributed by atoms with E-state index in [1.165, 1.54) is 0 Å². The summed E-state index contributed by atoms with van der Waals surface area (Å²) in [4.78, 5) is 4.50. The van der Waals surface area contributed by atoms with Crippen LogP contribution in [-0.2, 0) is 6.42 Å². The van der Waals surface area contributed by atoms with Crippen molar-refractivity contribution < 1.29 is 4.39 Å². The summed E-state index contributed by atoms with van der Waals surface area (Å²) in [6, 6.07) is 5.94. The Hall–Kier alpha value is -1.13. The minimum Gasteiger partial charge on any atom is -0.365 e. The van der Waals surface area contributed by atoms with E-state index in [1.807, 2.05) is 19.1 Å². The van der Waals surface area contributed by atoms with Crippen molar-refractivity contribution in [3.05, 3.63) is 29.6 Å². The zero-order valence-corrected chi connectivity index (χ0v) is 12.8. The van der Waals surface area contributed by atoms with Crippen molar-refractivity contribution >= 4 is 5.69 Å². The van der Waals surface area contributed by atoms with Gasteiger partial charge in [-0.25, -0.2) is 4.39 Å². The van der Waals surface area contributed by atoms with E-state index in [-0.39, 0.29) is 11.9 Å². The molecule has 1 aromatic rings. The van der Waals surface area contributed by atoms with Crippen LogP contribution in [0.25, 0.3) is 0 Å². The van der Waals surface area contributed by atoms with Gasteiger partial charge in [0, 0.05) is 25.2 Å². The standard InChI is InChI=1S/C16H26FN3/c1-12(18)9-14-5-6-16(15(17)10-14)20-8-4-7-19(3)11-13(20)2/h5-6,10,12-13H,4,7-9,11,18H2,1-3H3. The maximum atomic E-state index is 14.4. The quantitative estimate of drug-likeness (QED) is 0.921. The van der Waals surface area contributed by atoms with Crippen LogP contribution >= 0.6 is 0 Å². The van der Waals surface area contributed by atoms with Crippen molar-refractivity contribution in [2.24, 2.45) is 5.73 Å². The number of halogens is 1. The predicted molar refractivity (Wildman–Crippen MR) is 82.7 cm³/mol. The molecule has 1 aliphatic rings. The minimum atomic E-state index is -0.125. The highest BCUT2D eigenvalue weighted by molar-refractivity contribution is 5.50. The van der Waals surface area contributed by atoms with Crippen LogP contribution in [0, 0.1) is 5.82 Å². The molecule has 3 nitrogen and oxygen atoms in total. The van der Waals surface area contributed by atoms with Crippen molar-refractivity contribution in [3.8, 4) is 0 Å². The number of hydrogen-bond acceptors (Lipinski definition) is 3. The molecule has 1 saturated heterocycles. The topological polar surface area (TPSA) is 32.5 Å². The molecule has 4 heteroatoms. The molecule has 2 unspecified atom stereocenters. The van der Waals surface area contributed by atoms with Crippen LogP contribution in [0.2, 0.25) is 0 Å². The number of benzene rings is 1. The molecule has 0 amide bonds. The van der Waals surface area contributed by atoms with Gasteiger partial charge in [-0.15, -0.1) is 0 Å².